The summed E-state index contributed by atoms with van der Waals surface area (Å²) < 4.78 is 27.4. The first-order chi connectivity index (χ1) is 9.21. The molecule has 1 aliphatic carbocycles. The summed E-state index contributed by atoms with van der Waals surface area (Å²) in [7, 11) is -2.05. The Kier molecular flexibility index (Phi) is 4.80. The molecule has 1 aromatic carbocycles. The number of hydrogen-bond donors (Lipinski definition) is 2. The second-order valence-electron chi connectivity index (χ2n) is 5.09. The molecule has 0 radical (unpaired) electrons. The number of nitrogens with zero attached hydrogens (tertiary/aromatic N) is 1. The van der Waals surface area contributed by atoms with Gasteiger partial charge in [-0.25, -0.2) is 12.7 Å². The van der Waals surface area contributed by atoms with Crippen LogP contribution >= 0.6 is 31.9 Å². The average Bonchev–Trinajstić information content (AvgIpc) is 2.24. The van der Waals surface area contributed by atoms with Crippen LogP contribution in [-0.4, -0.2) is 37.5 Å². The number of aliphatic hydroxyl groups is 1. The highest BCUT2D eigenvalue weighted by molar-refractivity contribution is 9.11. The molecule has 1 aromatic rings. The van der Waals surface area contributed by atoms with Crippen molar-refractivity contribution in [3.8, 4) is 0 Å². The van der Waals surface area contributed by atoms with Crippen molar-refractivity contribution in [3.63, 3.8) is 0 Å². The van der Waals surface area contributed by atoms with Gasteiger partial charge in [-0.15, -0.1) is 0 Å². The maximum absolute atomic E-state index is 12.6. The van der Waals surface area contributed by atoms with Crippen LogP contribution in [0.4, 0.5) is 5.69 Å². The number of anilines is 1. The van der Waals surface area contributed by atoms with Gasteiger partial charge in [0.25, 0.3) is 0 Å². The van der Waals surface area contributed by atoms with Gasteiger partial charge in [0.05, 0.1) is 6.10 Å². The van der Waals surface area contributed by atoms with E-state index in [1.807, 2.05) is 0 Å². The fourth-order valence-corrected chi connectivity index (χ4v) is 6.07. The molecule has 5 nitrogen and oxygen atoms in total. The van der Waals surface area contributed by atoms with E-state index >= 15 is 0 Å². The number of hydrogen-bond acceptors (Lipinski definition) is 4. The first kappa shape index (κ1) is 16.2. The molecule has 1 saturated carbocycles. The number of nitrogen functional groups attached to an aromatic ring is 1. The predicted molar refractivity (Wildman–Crippen MR) is 84.8 cm³/mol. The molecule has 0 atom stereocenters. The topological polar surface area (TPSA) is 83.6 Å². The normalized spacial score (nSPS) is 22.9. The van der Waals surface area contributed by atoms with Crippen LogP contribution in [0.2, 0.25) is 0 Å². The molecule has 0 amide bonds. The summed E-state index contributed by atoms with van der Waals surface area (Å²) >= 11 is 6.51. The SMILES string of the molecule is CN(CC1CC(O)C1)S(=O)(=O)c1c(Br)cc(N)cc1Br. The molecule has 0 heterocycles. The molecule has 0 aromatic heterocycles. The number of sulfonamides is 1. The van der Waals surface area contributed by atoms with Crippen LogP contribution in [-0.2, 0) is 10.0 Å². The van der Waals surface area contributed by atoms with Gasteiger partial charge in [0, 0.05) is 28.2 Å². The molecule has 0 unspecified atom stereocenters. The van der Waals surface area contributed by atoms with Crippen LogP contribution in [0.5, 0.6) is 0 Å². The lowest BCUT2D eigenvalue weighted by Gasteiger charge is -2.34. The van der Waals surface area contributed by atoms with E-state index in [2.05, 4.69) is 31.9 Å². The lowest BCUT2D eigenvalue weighted by molar-refractivity contribution is 0.0367. The zero-order valence-electron chi connectivity index (χ0n) is 10.9. The van der Waals surface area contributed by atoms with E-state index in [1.54, 1.807) is 19.2 Å². The Hall–Kier alpha value is -0.150. The summed E-state index contributed by atoms with van der Waals surface area (Å²) in [6.45, 7) is 0.405. The van der Waals surface area contributed by atoms with Crippen LogP contribution in [0.25, 0.3) is 0 Å². The Balaban J connectivity index is 2.26. The Morgan fingerprint density at radius 3 is 2.30 bits per heavy atom. The third kappa shape index (κ3) is 3.19. The molecule has 20 heavy (non-hydrogen) atoms. The number of rotatable bonds is 4. The van der Waals surface area contributed by atoms with Gasteiger partial charge in [-0.2, -0.15) is 0 Å². The van der Waals surface area contributed by atoms with E-state index in [1.165, 1.54) is 4.31 Å². The maximum atomic E-state index is 12.6. The Morgan fingerprint density at radius 2 is 1.85 bits per heavy atom. The molecule has 0 aliphatic heterocycles. The highest BCUT2D eigenvalue weighted by Gasteiger charge is 2.33. The first-order valence-corrected chi connectivity index (χ1v) is 9.13. The van der Waals surface area contributed by atoms with Crippen molar-refractivity contribution in [2.45, 2.75) is 23.8 Å². The average molecular weight is 428 g/mol. The first-order valence-electron chi connectivity index (χ1n) is 6.10. The van der Waals surface area contributed by atoms with Gasteiger partial charge in [-0.1, -0.05) is 0 Å². The number of benzene rings is 1. The van der Waals surface area contributed by atoms with Crippen molar-refractivity contribution in [2.24, 2.45) is 5.92 Å². The maximum Gasteiger partial charge on any atom is 0.245 e. The molecule has 112 valence electrons. The third-order valence-electron chi connectivity index (χ3n) is 3.42. The minimum Gasteiger partial charge on any atom is -0.399 e. The van der Waals surface area contributed by atoms with Gasteiger partial charge in [-0.05, 0) is 62.8 Å². The molecule has 2 rings (SSSR count). The summed E-state index contributed by atoms with van der Waals surface area (Å²) in [5.74, 6) is 0.219. The summed E-state index contributed by atoms with van der Waals surface area (Å²) in [5, 5.41) is 9.27. The highest BCUT2D eigenvalue weighted by atomic mass is 79.9. The van der Waals surface area contributed by atoms with Crippen LogP contribution in [0, 0.1) is 5.92 Å². The van der Waals surface area contributed by atoms with Crippen LogP contribution in [0.15, 0.2) is 26.0 Å². The summed E-state index contributed by atoms with van der Waals surface area (Å²) in [4.78, 5) is 0.175. The summed E-state index contributed by atoms with van der Waals surface area (Å²) in [6.07, 6.45) is 1.03. The molecular weight excluding hydrogens is 412 g/mol. The van der Waals surface area contributed by atoms with Crippen LogP contribution in [0.1, 0.15) is 12.8 Å². The molecule has 8 heteroatoms. The number of nitrogens with two attached hydrogens (primary N) is 1. The molecule has 3 N–H and O–H groups in total. The second-order valence-corrected chi connectivity index (χ2v) is 8.78. The summed E-state index contributed by atoms with van der Waals surface area (Å²) in [6, 6.07) is 3.14. The van der Waals surface area contributed by atoms with Gasteiger partial charge in [0.1, 0.15) is 4.90 Å². The van der Waals surface area contributed by atoms with E-state index in [-0.39, 0.29) is 16.9 Å². The van der Waals surface area contributed by atoms with Crippen molar-refractivity contribution in [3.05, 3.63) is 21.1 Å². The predicted octanol–water partition coefficient (Wildman–Crippen LogP) is 2.19. The standard InChI is InChI=1S/C12H16Br2N2O3S/c1-16(6-7-2-9(17)3-7)20(18,19)12-10(13)4-8(15)5-11(12)14/h4-5,7,9,17H,2-3,6,15H2,1H3. The Labute approximate surface area is 135 Å². The van der Waals surface area contributed by atoms with Crippen molar-refractivity contribution < 1.29 is 13.5 Å². The fraction of sp³-hybridized carbons (Fsp3) is 0.500. The second kappa shape index (κ2) is 5.92. The van der Waals surface area contributed by atoms with Crippen molar-refractivity contribution in [1.82, 2.24) is 4.31 Å². The van der Waals surface area contributed by atoms with E-state index in [0.717, 1.165) is 0 Å². The Morgan fingerprint density at radius 1 is 1.35 bits per heavy atom. The molecule has 0 saturated heterocycles. The number of aliphatic hydroxyl groups excluding tert-OH is 1. The van der Waals surface area contributed by atoms with E-state index in [4.69, 9.17) is 5.73 Å². The third-order valence-corrected chi connectivity index (χ3v) is 7.12. The summed E-state index contributed by atoms with van der Waals surface area (Å²) in [5.41, 5.74) is 6.16. The molecule has 1 fully saturated rings. The number of halogens is 2. The van der Waals surface area contributed by atoms with Gasteiger partial charge in [0.15, 0.2) is 0 Å². The molecule has 1 aliphatic rings. The van der Waals surface area contributed by atoms with Crippen molar-refractivity contribution in [1.29, 1.82) is 0 Å². The van der Waals surface area contributed by atoms with E-state index < -0.39 is 10.0 Å². The van der Waals surface area contributed by atoms with Crippen molar-refractivity contribution >= 4 is 47.6 Å². The molecule has 0 bridgehead atoms. The molecular formula is C12H16Br2N2O3S. The lowest BCUT2D eigenvalue weighted by Crippen LogP contribution is -2.39. The largest absolute Gasteiger partial charge is 0.399 e. The fourth-order valence-electron chi connectivity index (χ4n) is 2.29. The zero-order chi connectivity index (χ0) is 15.1. The van der Waals surface area contributed by atoms with Gasteiger partial charge in [-0.3, -0.25) is 0 Å². The highest BCUT2D eigenvalue weighted by Crippen LogP contribution is 2.35. The Bertz CT molecular complexity index is 592. The smallest absolute Gasteiger partial charge is 0.245 e. The van der Waals surface area contributed by atoms with Gasteiger partial charge in [0.2, 0.25) is 10.0 Å². The van der Waals surface area contributed by atoms with Crippen LogP contribution in [0.3, 0.4) is 0 Å². The van der Waals surface area contributed by atoms with E-state index in [0.29, 0.717) is 34.0 Å². The van der Waals surface area contributed by atoms with Gasteiger partial charge < -0.3 is 10.8 Å². The van der Waals surface area contributed by atoms with Crippen LogP contribution < -0.4 is 5.73 Å². The minimum absolute atomic E-state index is 0.175. The zero-order valence-corrected chi connectivity index (χ0v) is 14.9. The monoisotopic (exact) mass is 426 g/mol. The van der Waals surface area contributed by atoms with Crippen molar-refractivity contribution in [2.75, 3.05) is 19.3 Å². The quantitative estimate of drug-likeness (QED) is 0.721. The lowest BCUT2D eigenvalue weighted by atomic mass is 9.82. The van der Waals surface area contributed by atoms with E-state index in [9.17, 15) is 13.5 Å². The minimum atomic E-state index is -3.60. The molecule has 0 spiro atoms. The van der Waals surface area contributed by atoms with Gasteiger partial charge >= 0.3 is 0 Å².